The number of hydrogen-bond donors (Lipinski definition) is 0. The molecule has 0 spiro atoms. The average Bonchev–Trinajstić information content (AvgIpc) is 2.93. The number of sulfonamides is 1. The van der Waals surface area contributed by atoms with Crippen LogP contribution < -0.4 is 0 Å². The highest BCUT2D eigenvalue weighted by Crippen LogP contribution is 2.18. The Morgan fingerprint density at radius 1 is 1.09 bits per heavy atom. The van der Waals surface area contributed by atoms with Gasteiger partial charge in [-0.05, 0) is 19.1 Å². The van der Waals surface area contributed by atoms with Crippen molar-refractivity contribution in [3.05, 3.63) is 48.0 Å². The van der Waals surface area contributed by atoms with Crippen molar-refractivity contribution in [2.75, 3.05) is 26.2 Å². The van der Waals surface area contributed by atoms with Crippen LogP contribution >= 0.6 is 0 Å². The third kappa shape index (κ3) is 3.46. The van der Waals surface area contributed by atoms with Gasteiger partial charge < -0.3 is 4.57 Å². The van der Waals surface area contributed by atoms with E-state index in [1.54, 1.807) is 22.6 Å². The van der Waals surface area contributed by atoms with E-state index in [2.05, 4.69) is 9.88 Å². The van der Waals surface area contributed by atoms with Gasteiger partial charge in [0.1, 0.15) is 5.82 Å². The molecule has 1 fully saturated rings. The average molecular weight is 334 g/mol. The fraction of sp³-hybridized carbons (Fsp3) is 0.438. The van der Waals surface area contributed by atoms with E-state index >= 15 is 0 Å². The number of piperazine rings is 1. The van der Waals surface area contributed by atoms with Gasteiger partial charge in [-0.3, -0.25) is 4.90 Å². The zero-order chi connectivity index (χ0) is 16.4. The van der Waals surface area contributed by atoms with Crippen LogP contribution in [0.1, 0.15) is 11.4 Å². The smallest absolute Gasteiger partial charge is 0.243 e. The first-order chi connectivity index (χ1) is 11.0. The van der Waals surface area contributed by atoms with Crippen molar-refractivity contribution in [2.45, 2.75) is 18.4 Å². The van der Waals surface area contributed by atoms with Crippen LogP contribution in [-0.4, -0.2) is 53.4 Å². The molecule has 1 aromatic carbocycles. The minimum absolute atomic E-state index is 0.376. The molecule has 0 radical (unpaired) electrons. The first kappa shape index (κ1) is 16.2. The van der Waals surface area contributed by atoms with E-state index < -0.39 is 10.0 Å². The summed E-state index contributed by atoms with van der Waals surface area (Å²) in [6, 6.07) is 7.05. The van der Waals surface area contributed by atoms with Crippen molar-refractivity contribution >= 4 is 10.0 Å². The van der Waals surface area contributed by atoms with E-state index in [-0.39, 0.29) is 0 Å². The Labute approximate surface area is 137 Å². The second-order valence-electron chi connectivity index (χ2n) is 5.95. The fourth-order valence-electron chi connectivity index (χ4n) is 2.74. The van der Waals surface area contributed by atoms with Gasteiger partial charge in [-0.15, -0.1) is 0 Å². The summed E-state index contributed by atoms with van der Waals surface area (Å²) < 4.78 is 28.9. The molecule has 0 unspecified atom stereocenters. The summed E-state index contributed by atoms with van der Waals surface area (Å²) in [6.45, 7) is 5.17. The van der Waals surface area contributed by atoms with E-state index in [0.29, 0.717) is 18.0 Å². The van der Waals surface area contributed by atoms with E-state index in [1.807, 2.05) is 36.9 Å². The molecule has 0 N–H and O–H groups in total. The normalized spacial score (nSPS) is 17.5. The van der Waals surface area contributed by atoms with Gasteiger partial charge in [-0.2, -0.15) is 4.31 Å². The Hall–Kier alpha value is -1.70. The van der Waals surface area contributed by atoms with Gasteiger partial charge in [0.25, 0.3) is 0 Å². The Balaban J connectivity index is 1.64. The van der Waals surface area contributed by atoms with Crippen LogP contribution in [0.2, 0.25) is 0 Å². The van der Waals surface area contributed by atoms with Gasteiger partial charge in [0.15, 0.2) is 0 Å². The van der Waals surface area contributed by atoms with Crippen LogP contribution in [0.3, 0.4) is 0 Å². The van der Waals surface area contributed by atoms with Crippen LogP contribution in [0.4, 0.5) is 0 Å². The van der Waals surface area contributed by atoms with Crippen LogP contribution in [-0.2, 0) is 23.6 Å². The standard InChI is InChI=1S/C16H22N4O2S/c1-14-3-5-15(6-4-14)23(21,22)20-11-9-19(10-12-20)13-16-17-7-8-18(16)2/h3-8H,9-13H2,1-2H3. The highest BCUT2D eigenvalue weighted by Gasteiger charge is 2.28. The summed E-state index contributed by atoms with van der Waals surface area (Å²) in [4.78, 5) is 6.94. The van der Waals surface area contributed by atoms with Crippen LogP contribution in [0.5, 0.6) is 0 Å². The van der Waals surface area contributed by atoms with Gasteiger partial charge in [0.05, 0.1) is 11.4 Å². The van der Waals surface area contributed by atoms with E-state index in [1.165, 1.54) is 0 Å². The first-order valence-electron chi connectivity index (χ1n) is 7.72. The molecule has 1 aliphatic heterocycles. The van der Waals surface area contributed by atoms with E-state index in [4.69, 9.17) is 0 Å². The Morgan fingerprint density at radius 3 is 2.30 bits per heavy atom. The highest BCUT2D eigenvalue weighted by atomic mass is 32.2. The number of benzene rings is 1. The van der Waals surface area contributed by atoms with Crippen molar-refractivity contribution in [3.63, 3.8) is 0 Å². The maximum absolute atomic E-state index is 12.7. The monoisotopic (exact) mass is 334 g/mol. The third-order valence-corrected chi connectivity index (χ3v) is 6.19. The zero-order valence-corrected chi connectivity index (χ0v) is 14.3. The van der Waals surface area contributed by atoms with Crippen molar-refractivity contribution in [1.82, 2.24) is 18.8 Å². The van der Waals surface area contributed by atoms with Crippen molar-refractivity contribution < 1.29 is 8.42 Å². The van der Waals surface area contributed by atoms with Crippen LogP contribution in [0.15, 0.2) is 41.6 Å². The summed E-state index contributed by atoms with van der Waals surface area (Å²) in [6.07, 6.45) is 3.71. The van der Waals surface area contributed by atoms with Crippen molar-refractivity contribution in [3.8, 4) is 0 Å². The lowest BCUT2D eigenvalue weighted by Gasteiger charge is -2.33. The lowest BCUT2D eigenvalue weighted by atomic mass is 10.2. The molecule has 1 aromatic heterocycles. The maximum atomic E-state index is 12.7. The Morgan fingerprint density at radius 2 is 1.74 bits per heavy atom. The number of hydrogen-bond acceptors (Lipinski definition) is 4. The van der Waals surface area contributed by atoms with Gasteiger partial charge in [0, 0.05) is 45.6 Å². The number of nitrogens with zero attached hydrogens (tertiary/aromatic N) is 4. The molecule has 0 amide bonds. The summed E-state index contributed by atoms with van der Waals surface area (Å²) >= 11 is 0. The molecule has 23 heavy (non-hydrogen) atoms. The van der Waals surface area contributed by atoms with Crippen LogP contribution in [0.25, 0.3) is 0 Å². The summed E-state index contributed by atoms with van der Waals surface area (Å²) in [5.41, 5.74) is 1.06. The lowest BCUT2D eigenvalue weighted by molar-refractivity contribution is 0.177. The molecule has 6 nitrogen and oxygen atoms in total. The van der Waals surface area contributed by atoms with Crippen molar-refractivity contribution in [1.29, 1.82) is 0 Å². The summed E-state index contributed by atoms with van der Waals surface area (Å²) in [7, 11) is -1.41. The minimum Gasteiger partial charge on any atom is -0.337 e. The number of rotatable bonds is 4. The number of aromatic nitrogens is 2. The number of imidazole rings is 1. The van der Waals surface area contributed by atoms with E-state index in [9.17, 15) is 8.42 Å². The molecule has 1 saturated heterocycles. The van der Waals surface area contributed by atoms with Gasteiger partial charge in [-0.25, -0.2) is 13.4 Å². The fourth-order valence-corrected chi connectivity index (χ4v) is 4.16. The highest BCUT2D eigenvalue weighted by molar-refractivity contribution is 7.89. The molecule has 2 aromatic rings. The first-order valence-corrected chi connectivity index (χ1v) is 9.16. The van der Waals surface area contributed by atoms with Gasteiger partial charge in [0.2, 0.25) is 10.0 Å². The maximum Gasteiger partial charge on any atom is 0.243 e. The van der Waals surface area contributed by atoms with Gasteiger partial charge >= 0.3 is 0 Å². The molecule has 124 valence electrons. The van der Waals surface area contributed by atoms with Crippen LogP contribution in [0, 0.1) is 6.92 Å². The third-order valence-electron chi connectivity index (χ3n) is 4.28. The molecule has 0 bridgehead atoms. The molecular weight excluding hydrogens is 312 g/mol. The minimum atomic E-state index is -3.39. The Bertz CT molecular complexity index is 760. The molecule has 0 atom stereocenters. The summed E-state index contributed by atoms with van der Waals surface area (Å²) in [5.74, 6) is 1.000. The summed E-state index contributed by atoms with van der Waals surface area (Å²) in [5, 5.41) is 0. The molecular formula is C16H22N4O2S. The molecule has 3 rings (SSSR count). The number of aryl methyl sites for hydroxylation is 2. The molecule has 2 heterocycles. The van der Waals surface area contributed by atoms with Gasteiger partial charge in [-0.1, -0.05) is 17.7 Å². The van der Waals surface area contributed by atoms with E-state index in [0.717, 1.165) is 31.0 Å². The quantitative estimate of drug-likeness (QED) is 0.844. The topological polar surface area (TPSA) is 58.4 Å². The lowest BCUT2D eigenvalue weighted by Crippen LogP contribution is -2.48. The largest absolute Gasteiger partial charge is 0.337 e. The molecule has 1 aliphatic rings. The predicted molar refractivity (Wildman–Crippen MR) is 88.4 cm³/mol. The molecule has 0 saturated carbocycles. The zero-order valence-electron chi connectivity index (χ0n) is 13.5. The molecule has 0 aliphatic carbocycles. The molecule has 7 heteroatoms. The predicted octanol–water partition coefficient (Wildman–Crippen LogP) is 1.24. The second-order valence-corrected chi connectivity index (χ2v) is 7.89. The Kier molecular flexibility index (Phi) is 4.52. The second kappa shape index (κ2) is 6.43. The van der Waals surface area contributed by atoms with Crippen molar-refractivity contribution in [2.24, 2.45) is 7.05 Å². The SMILES string of the molecule is Cc1ccc(S(=O)(=O)N2CCN(Cc3nccn3C)CC2)cc1.